The molecule has 0 aliphatic carbocycles. The second kappa shape index (κ2) is 8.27. The Kier molecular flexibility index (Phi) is 5.93. The highest BCUT2D eigenvalue weighted by molar-refractivity contribution is 7.92. The summed E-state index contributed by atoms with van der Waals surface area (Å²) in [5.74, 6) is -2.40. The van der Waals surface area contributed by atoms with E-state index < -0.39 is 33.8 Å². The molecule has 1 atom stereocenters. The number of sulfonamides is 1. The van der Waals surface area contributed by atoms with Gasteiger partial charge in [-0.2, -0.15) is 0 Å². The van der Waals surface area contributed by atoms with E-state index in [2.05, 4.69) is 0 Å². The molecule has 0 aromatic heterocycles. The van der Waals surface area contributed by atoms with Crippen LogP contribution in [-0.4, -0.2) is 55.1 Å². The fraction of sp³-hybridized carbons (Fsp3) is 0.286. The largest absolute Gasteiger partial charge is 0.480 e. The number of benzene rings is 2. The van der Waals surface area contributed by atoms with Gasteiger partial charge < -0.3 is 5.11 Å². The lowest BCUT2D eigenvalue weighted by Crippen LogP contribution is -2.47. The predicted molar refractivity (Wildman–Crippen MR) is 111 cm³/mol. The minimum absolute atomic E-state index is 0.212. The van der Waals surface area contributed by atoms with Crippen molar-refractivity contribution in [2.45, 2.75) is 25.8 Å². The van der Waals surface area contributed by atoms with Gasteiger partial charge in [0.15, 0.2) is 0 Å². The summed E-state index contributed by atoms with van der Waals surface area (Å²) in [5, 5.41) is 9.75. The smallest absolute Gasteiger partial charge is 0.327 e. The lowest BCUT2D eigenvalue weighted by Gasteiger charge is -2.29. The number of carboxylic acid groups (broad SMARTS) is 1. The van der Waals surface area contributed by atoms with Crippen LogP contribution in [0.1, 0.15) is 39.6 Å². The van der Waals surface area contributed by atoms with Crippen LogP contribution in [0.3, 0.4) is 0 Å². The maximum absolute atomic E-state index is 12.5. The molecule has 1 aliphatic heterocycles. The normalized spacial score (nSPS) is 14.5. The Morgan fingerprint density at radius 1 is 1.03 bits per heavy atom. The van der Waals surface area contributed by atoms with E-state index in [9.17, 15) is 27.9 Å². The average molecular weight is 430 g/mol. The van der Waals surface area contributed by atoms with E-state index in [-0.39, 0.29) is 29.8 Å². The first-order chi connectivity index (χ1) is 14.1. The van der Waals surface area contributed by atoms with Gasteiger partial charge in [-0.25, -0.2) is 13.2 Å². The van der Waals surface area contributed by atoms with Crippen molar-refractivity contribution in [2.24, 2.45) is 0 Å². The zero-order valence-corrected chi connectivity index (χ0v) is 17.4. The molecule has 2 amide bonds. The van der Waals surface area contributed by atoms with Crippen molar-refractivity contribution < 1.29 is 27.9 Å². The van der Waals surface area contributed by atoms with Gasteiger partial charge in [0.1, 0.15) is 6.04 Å². The Labute approximate surface area is 174 Å². The number of hydrogen-bond donors (Lipinski definition) is 1. The van der Waals surface area contributed by atoms with Gasteiger partial charge in [0.25, 0.3) is 11.8 Å². The van der Waals surface area contributed by atoms with E-state index in [1.165, 1.54) is 12.1 Å². The van der Waals surface area contributed by atoms with Crippen LogP contribution in [0, 0.1) is 0 Å². The highest BCUT2D eigenvalue weighted by Crippen LogP contribution is 2.26. The van der Waals surface area contributed by atoms with Crippen LogP contribution in [0.25, 0.3) is 0 Å². The number of anilines is 1. The standard InChI is InChI=1S/C21H22N2O6S/c1-3-14-8-10-15(11-9-14)23(30(2,28)29)18(21(26)27)12-13-22-19(24)16-6-4-5-7-17(16)20(22)25/h4-11,18H,3,12-13H2,1-2H3,(H,26,27). The summed E-state index contributed by atoms with van der Waals surface area (Å²) in [6.07, 6.45) is 1.43. The van der Waals surface area contributed by atoms with Crippen molar-refractivity contribution in [3.63, 3.8) is 0 Å². The molecule has 1 heterocycles. The van der Waals surface area contributed by atoms with Gasteiger partial charge in [0, 0.05) is 6.54 Å². The van der Waals surface area contributed by atoms with Gasteiger partial charge in [0.2, 0.25) is 10.0 Å². The number of rotatable bonds is 8. The first kappa shape index (κ1) is 21.5. The highest BCUT2D eigenvalue weighted by Gasteiger charge is 2.38. The SMILES string of the molecule is CCc1ccc(N(C(CCN2C(=O)c3ccccc3C2=O)C(=O)O)S(C)(=O)=O)cc1. The van der Waals surface area contributed by atoms with E-state index in [0.717, 1.165) is 27.4 Å². The van der Waals surface area contributed by atoms with E-state index in [1.54, 1.807) is 36.4 Å². The van der Waals surface area contributed by atoms with Crippen LogP contribution in [0.15, 0.2) is 48.5 Å². The molecule has 0 bridgehead atoms. The zero-order valence-electron chi connectivity index (χ0n) is 16.6. The lowest BCUT2D eigenvalue weighted by molar-refractivity contribution is -0.138. The first-order valence-electron chi connectivity index (χ1n) is 9.41. The quantitative estimate of drug-likeness (QED) is 0.642. The van der Waals surface area contributed by atoms with Gasteiger partial charge >= 0.3 is 5.97 Å². The predicted octanol–water partition coefficient (Wildman–Crippen LogP) is 2.15. The molecular formula is C21H22N2O6S. The molecule has 2 aromatic rings. The highest BCUT2D eigenvalue weighted by atomic mass is 32.2. The topological polar surface area (TPSA) is 112 Å². The fourth-order valence-electron chi connectivity index (χ4n) is 3.52. The first-order valence-corrected chi connectivity index (χ1v) is 11.3. The van der Waals surface area contributed by atoms with E-state index >= 15 is 0 Å². The number of carbonyl (C=O) groups excluding carboxylic acids is 2. The molecule has 30 heavy (non-hydrogen) atoms. The van der Waals surface area contributed by atoms with Crippen LogP contribution >= 0.6 is 0 Å². The molecule has 0 fully saturated rings. The van der Waals surface area contributed by atoms with Crippen LogP contribution in [0.5, 0.6) is 0 Å². The van der Waals surface area contributed by atoms with Gasteiger partial charge in [-0.3, -0.25) is 18.8 Å². The Bertz CT molecular complexity index is 1060. The number of aliphatic carboxylic acids is 1. The Morgan fingerprint density at radius 2 is 1.57 bits per heavy atom. The molecule has 0 spiro atoms. The second-order valence-corrected chi connectivity index (χ2v) is 8.89. The molecule has 2 aromatic carbocycles. The summed E-state index contributed by atoms with van der Waals surface area (Å²) in [5.41, 5.74) is 1.70. The number of fused-ring (bicyclic) bond motifs is 1. The molecule has 3 rings (SSSR count). The number of aryl methyl sites for hydroxylation is 1. The number of hydrogen-bond acceptors (Lipinski definition) is 5. The average Bonchev–Trinajstić information content (AvgIpc) is 2.95. The Morgan fingerprint density at radius 3 is 2.00 bits per heavy atom. The molecule has 0 radical (unpaired) electrons. The minimum Gasteiger partial charge on any atom is -0.480 e. The van der Waals surface area contributed by atoms with E-state index in [1.807, 2.05) is 6.92 Å². The van der Waals surface area contributed by atoms with Crippen molar-refractivity contribution >= 4 is 33.5 Å². The lowest BCUT2D eigenvalue weighted by atomic mass is 10.1. The molecule has 1 aliphatic rings. The summed E-state index contributed by atoms with van der Waals surface area (Å²) in [6, 6.07) is 11.4. The van der Waals surface area contributed by atoms with Crippen LogP contribution < -0.4 is 4.31 Å². The molecule has 1 unspecified atom stereocenters. The van der Waals surface area contributed by atoms with E-state index in [0.29, 0.717) is 0 Å². The fourth-order valence-corrected chi connectivity index (χ4v) is 4.68. The number of amides is 2. The number of imide groups is 1. The number of carboxylic acids is 1. The summed E-state index contributed by atoms with van der Waals surface area (Å²) in [7, 11) is -3.94. The molecular weight excluding hydrogens is 408 g/mol. The second-order valence-electron chi connectivity index (χ2n) is 7.03. The van der Waals surface area contributed by atoms with Crippen molar-refractivity contribution in [3.8, 4) is 0 Å². The maximum Gasteiger partial charge on any atom is 0.327 e. The molecule has 1 N–H and O–H groups in total. The Balaban J connectivity index is 1.88. The van der Waals surface area contributed by atoms with E-state index in [4.69, 9.17) is 0 Å². The third kappa shape index (κ3) is 4.06. The third-order valence-corrected chi connectivity index (χ3v) is 6.21. The summed E-state index contributed by atoms with van der Waals surface area (Å²) in [4.78, 5) is 38.0. The van der Waals surface area contributed by atoms with Crippen molar-refractivity contribution in [1.82, 2.24) is 4.90 Å². The molecule has 0 saturated carbocycles. The van der Waals surface area contributed by atoms with Gasteiger partial charge in [-0.15, -0.1) is 0 Å². The Hall–Kier alpha value is -3.20. The van der Waals surface area contributed by atoms with Crippen molar-refractivity contribution in [2.75, 3.05) is 17.1 Å². The maximum atomic E-state index is 12.5. The van der Waals surface area contributed by atoms with Gasteiger partial charge in [-0.05, 0) is 42.7 Å². The number of carbonyl (C=O) groups is 3. The van der Waals surface area contributed by atoms with Gasteiger partial charge in [-0.1, -0.05) is 31.2 Å². The monoisotopic (exact) mass is 430 g/mol. The van der Waals surface area contributed by atoms with Crippen molar-refractivity contribution in [3.05, 3.63) is 65.2 Å². The summed E-state index contributed by atoms with van der Waals surface area (Å²) < 4.78 is 25.7. The summed E-state index contributed by atoms with van der Waals surface area (Å²) >= 11 is 0. The van der Waals surface area contributed by atoms with Gasteiger partial charge in [0.05, 0.1) is 23.1 Å². The molecule has 9 heteroatoms. The zero-order chi connectivity index (χ0) is 22.1. The molecule has 0 saturated heterocycles. The van der Waals surface area contributed by atoms with Crippen LogP contribution in [0.4, 0.5) is 5.69 Å². The number of nitrogens with zero attached hydrogens (tertiary/aromatic N) is 2. The summed E-state index contributed by atoms with van der Waals surface area (Å²) in [6.45, 7) is 1.73. The van der Waals surface area contributed by atoms with Crippen LogP contribution in [0.2, 0.25) is 0 Å². The minimum atomic E-state index is -3.94. The van der Waals surface area contributed by atoms with Crippen LogP contribution in [-0.2, 0) is 21.2 Å². The third-order valence-electron chi connectivity index (χ3n) is 5.03. The van der Waals surface area contributed by atoms with Crippen molar-refractivity contribution in [1.29, 1.82) is 0 Å². The molecule has 158 valence electrons. The molecule has 8 nitrogen and oxygen atoms in total.